The standard InChI is InChI=1S/C22H36O2/c1-14(2)22(24)12-9-19-17-6-5-15-13-16(23)7-10-20(15,3)18(17)8-11-21(19,22)4/h14-15,17-19,24H,5-13H2,1-4H3/t15-,17+,18?,19-,20-,21-,22-/m0/s1. The van der Waals surface area contributed by atoms with E-state index in [1.165, 1.54) is 32.1 Å². The first kappa shape index (κ1) is 17.1. The molecule has 4 aliphatic rings. The average Bonchev–Trinajstić information content (AvgIpc) is 2.81. The van der Waals surface area contributed by atoms with E-state index < -0.39 is 5.60 Å². The first-order valence-corrected chi connectivity index (χ1v) is 10.5. The summed E-state index contributed by atoms with van der Waals surface area (Å²) in [6.07, 6.45) is 9.99. The van der Waals surface area contributed by atoms with E-state index in [0.29, 0.717) is 29.0 Å². The molecule has 0 aromatic rings. The highest BCUT2D eigenvalue weighted by molar-refractivity contribution is 5.79. The Hall–Kier alpha value is -0.370. The van der Waals surface area contributed by atoms with Crippen LogP contribution in [0.15, 0.2) is 0 Å². The lowest BCUT2D eigenvalue weighted by Gasteiger charge is -2.61. The average molecular weight is 333 g/mol. The summed E-state index contributed by atoms with van der Waals surface area (Å²) in [5.74, 6) is 3.76. The van der Waals surface area contributed by atoms with Gasteiger partial charge in [-0.2, -0.15) is 0 Å². The molecule has 0 saturated heterocycles. The van der Waals surface area contributed by atoms with Gasteiger partial charge in [0.15, 0.2) is 0 Å². The van der Waals surface area contributed by atoms with Crippen molar-refractivity contribution in [3.63, 3.8) is 0 Å². The second kappa shape index (κ2) is 5.32. The van der Waals surface area contributed by atoms with E-state index in [1.807, 2.05) is 0 Å². The van der Waals surface area contributed by atoms with Gasteiger partial charge in [-0.1, -0.05) is 27.7 Å². The zero-order valence-electron chi connectivity index (χ0n) is 16.1. The third-order valence-corrected chi connectivity index (χ3v) is 9.65. The third kappa shape index (κ3) is 2.01. The van der Waals surface area contributed by atoms with Gasteiger partial charge >= 0.3 is 0 Å². The quantitative estimate of drug-likeness (QED) is 0.735. The molecule has 0 heterocycles. The van der Waals surface area contributed by atoms with E-state index in [1.54, 1.807) is 0 Å². The lowest BCUT2D eigenvalue weighted by molar-refractivity contribution is -0.167. The molecule has 4 aliphatic carbocycles. The van der Waals surface area contributed by atoms with Crippen LogP contribution in [0.1, 0.15) is 85.5 Å². The summed E-state index contributed by atoms with van der Waals surface area (Å²) >= 11 is 0. The van der Waals surface area contributed by atoms with Crippen LogP contribution >= 0.6 is 0 Å². The fraction of sp³-hybridized carbons (Fsp3) is 0.955. The molecule has 0 radical (unpaired) electrons. The maximum absolute atomic E-state index is 12.0. The Morgan fingerprint density at radius 3 is 2.42 bits per heavy atom. The number of hydrogen-bond acceptors (Lipinski definition) is 2. The Balaban J connectivity index is 1.64. The number of carbonyl (C=O) groups is 1. The summed E-state index contributed by atoms with van der Waals surface area (Å²) in [6.45, 7) is 9.34. The minimum absolute atomic E-state index is 0.107. The van der Waals surface area contributed by atoms with Crippen molar-refractivity contribution in [3.8, 4) is 0 Å². The summed E-state index contributed by atoms with van der Waals surface area (Å²) in [4.78, 5) is 12.0. The van der Waals surface area contributed by atoms with Gasteiger partial charge in [-0.25, -0.2) is 0 Å². The molecule has 7 atom stereocenters. The van der Waals surface area contributed by atoms with Crippen molar-refractivity contribution in [2.75, 3.05) is 0 Å². The van der Waals surface area contributed by atoms with E-state index in [-0.39, 0.29) is 5.41 Å². The van der Waals surface area contributed by atoms with Crippen LogP contribution in [0.4, 0.5) is 0 Å². The Morgan fingerprint density at radius 2 is 1.71 bits per heavy atom. The zero-order valence-corrected chi connectivity index (χ0v) is 16.1. The van der Waals surface area contributed by atoms with Gasteiger partial charge in [0.2, 0.25) is 0 Å². The molecule has 0 amide bonds. The number of fused-ring (bicyclic) bond motifs is 5. The SMILES string of the molecule is CC(C)[C@@]1(O)CC[C@H]2[C@@H]3CC[C@H]4CC(=O)CC[C@]4(C)C3CC[C@@]21C. The highest BCUT2D eigenvalue weighted by Gasteiger charge is 2.65. The van der Waals surface area contributed by atoms with Crippen molar-refractivity contribution < 1.29 is 9.90 Å². The number of ketones is 1. The van der Waals surface area contributed by atoms with Crippen molar-refractivity contribution in [2.24, 2.45) is 40.4 Å². The summed E-state index contributed by atoms with van der Waals surface area (Å²) < 4.78 is 0. The molecule has 4 saturated carbocycles. The summed E-state index contributed by atoms with van der Waals surface area (Å²) in [5.41, 5.74) is 0.0234. The first-order chi connectivity index (χ1) is 11.2. The fourth-order valence-corrected chi connectivity index (χ4v) is 8.04. The minimum atomic E-state index is -0.469. The predicted molar refractivity (Wildman–Crippen MR) is 96.5 cm³/mol. The molecule has 1 unspecified atom stereocenters. The molecule has 136 valence electrons. The van der Waals surface area contributed by atoms with Gasteiger partial charge in [0, 0.05) is 12.8 Å². The monoisotopic (exact) mass is 332 g/mol. The number of Topliss-reactive ketones (excluding diaryl/α,β-unsaturated/α-hetero) is 1. The highest BCUT2D eigenvalue weighted by Crippen LogP contribution is 2.68. The predicted octanol–water partition coefficient (Wildman–Crippen LogP) is 4.99. The van der Waals surface area contributed by atoms with E-state index in [2.05, 4.69) is 27.7 Å². The minimum Gasteiger partial charge on any atom is -0.389 e. The van der Waals surface area contributed by atoms with E-state index in [9.17, 15) is 9.90 Å². The second-order valence-electron chi connectivity index (χ2n) is 10.5. The molecule has 4 rings (SSSR count). The lowest BCUT2D eigenvalue weighted by Crippen LogP contribution is -2.57. The van der Waals surface area contributed by atoms with E-state index in [4.69, 9.17) is 0 Å². The van der Waals surface area contributed by atoms with Crippen LogP contribution in [-0.2, 0) is 4.79 Å². The maximum atomic E-state index is 12.0. The molecule has 4 fully saturated rings. The Morgan fingerprint density at radius 1 is 1.00 bits per heavy atom. The zero-order chi connectivity index (χ0) is 17.3. The van der Waals surface area contributed by atoms with Gasteiger partial charge in [0.05, 0.1) is 5.60 Å². The van der Waals surface area contributed by atoms with E-state index in [0.717, 1.165) is 37.5 Å². The topological polar surface area (TPSA) is 37.3 Å². The Kier molecular flexibility index (Phi) is 3.78. The van der Waals surface area contributed by atoms with Crippen LogP contribution in [0.2, 0.25) is 0 Å². The smallest absolute Gasteiger partial charge is 0.133 e. The van der Waals surface area contributed by atoms with Crippen LogP contribution in [0.25, 0.3) is 0 Å². The number of carbonyl (C=O) groups excluding carboxylic acids is 1. The molecular weight excluding hydrogens is 296 g/mol. The van der Waals surface area contributed by atoms with Gasteiger partial charge in [0.25, 0.3) is 0 Å². The molecule has 0 bridgehead atoms. The van der Waals surface area contributed by atoms with Gasteiger partial charge in [-0.15, -0.1) is 0 Å². The summed E-state index contributed by atoms with van der Waals surface area (Å²) in [5, 5.41) is 11.5. The Labute approximate surface area is 147 Å². The summed E-state index contributed by atoms with van der Waals surface area (Å²) in [6, 6.07) is 0. The number of rotatable bonds is 1. The molecule has 2 heteroatoms. The van der Waals surface area contributed by atoms with Gasteiger partial charge in [-0.05, 0) is 85.4 Å². The first-order valence-electron chi connectivity index (χ1n) is 10.5. The van der Waals surface area contributed by atoms with Gasteiger partial charge in [0.1, 0.15) is 5.78 Å². The van der Waals surface area contributed by atoms with Crippen LogP contribution < -0.4 is 0 Å². The number of hydrogen-bond donors (Lipinski definition) is 1. The maximum Gasteiger partial charge on any atom is 0.133 e. The molecule has 0 aromatic heterocycles. The third-order valence-electron chi connectivity index (χ3n) is 9.65. The van der Waals surface area contributed by atoms with E-state index >= 15 is 0 Å². The molecule has 0 aliphatic heterocycles. The van der Waals surface area contributed by atoms with Crippen molar-refractivity contribution in [1.29, 1.82) is 0 Å². The Bertz CT molecular complexity index is 540. The highest BCUT2D eigenvalue weighted by atomic mass is 16.3. The fourth-order valence-electron chi connectivity index (χ4n) is 8.04. The molecule has 0 spiro atoms. The lowest BCUT2D eigenvalue weighted by atomic mass is 9.44. The largest absolute Gasteiger partial charge is 0.389 e. The van der Waals surface area contributed by atoms with Crippen molar-refractivity contribution in [3.05, 3.63) is 0 Å². The molecule has 1 N–H and O–H groups in total. The van der Waals surface area contributed by atoms with Gasteiger partial charge in [-0.3, -0.25) is 4.79 Å². The van der Waals surface area contributed by atoms with Crippen molar-refractivity contribution >= 4 is 5.78 Å². The normalized spacial score (nSPS) is 54.3. The van der Waals surface area contributed by atoms with Gasteiger partial charge < -0.3 is 5.11 Å². The molecular formula is C22H36O2. The van der Waals surface area contributed by atoms with Crippen LogP contribution in [0.5, 0.6) is 0 Å². The van der Waals surface area contributed by atoms with Crippen LogP contribution in [0.3, 0.4) is 0 Å². The molecule has 24 heavy (non-hydrogen) atoms. The van der Waals surface area contributed by atoms with Crippen LogP contribution in [-0.4, -0.2) is 16.5 Å². The summed E-state index contributed by atoms with van der Waals surface area (Å²) in [7, 11) is 0. The van der Waals surface area contributed by atoms with Crippen molar-refractivity contribution in [1.82, 2.24) is 0 Å². The van der Waals surface area contributed by atoms with Crippen molar-refractivity contribution in [2.45, 2.75) is 91.1 Å². The molecule has 0 aromatic carbocycles. The second-order valence-corrected chi connectivity index (χ2v) is 10.5. The molecule has 2 nitrogen and oxygen atoms in total. The van der Waals surface area contributed by atoms with Crippen LogP contribution in [0, 0.1) is 40.4 Å². The number of aliphatic hydroxyl groups is 1.